The molecule has 1 aromatic carbocycles. The summed E-state index contributed by atoms with van der Waals surface area (Å²) >= 11 is 3.47. The Bertz CT molecular complexity index is 399. The van der Waals surface area contributed by atoms with Gasteiger partial charge in [-0.2, -0.15) is 0 Å². The van der Waals surface area contributed by atoms with E-state index in [1.807, 2.05) is 0 Å². The van der Waals surface area contributed by atoms with Crippen LogP contribution in [0.1, 0.15) is 25.0 Å². The molecule has 14 heavy (non-hydrogen) atoms. The van der Waals surface area contributed by atoms with Crippen LogP contribution < -0.4 is 5.73 Å². The number of hydrogen-bond acceptors (Lipinski definition) is 1. The van der Waals surface area contributed by atoms with Crippen LogP contribution in [0.15, 0.2) is 28.2 Å². The molecule has 1 aliphatic carbocycles. The summed E-state index contributed by atoms with van der Waals surface area (Å²) in [4.78, 5) is 0. The van der Waals surface area contributed by atoms with Gasteiger partial charge in [0.1, 0.15) is 0 Å². The third kappa shape index (κ3) is 1.77. The van der Waals surface area contributed by atoms with E-state index in [-0.39, 0.29) is 5.54 Å². The van der Waals surface area contributed by atoms with Crippen molar-refractivity contribution in [3.8, 4) is 0 Å². The number of nitrogens with two attached hydrogens (primary N) is 1. The fourth-order valence-corrected chi connectivity index (χ4v) is 2.10. The Balaban J connectivity index is 2.39. The first-order valence-electron chi connectivity index (χ1n) is 4.75. The molecule has 0 unspecified atom stereocenters. The van der Waals surface area contributed by atoms with Gasteiger partial charge in [0.25, 0.3) is 0 Å². The summed E-state index contributed by atoms with van der Waals surface area (Å²) in [6, 6.07) is 6.39. The highest BCUT2D eigenvalue weighted by Crippen LogP contribution is 2.31. The van der Waals surface area contributed by atoms with E-state index in [1.165, 1.54) is 16.7 Å². The Hall–Kier alpha value is -0.600. The molecule has 1 aromatic rings. The Morgan fingerprint density at radius 2 is 2.07 bits per heavy atom. The molecule has 2 heteroatoms. The van der Waals surface area contributed by atoms with Gasteiger partial charge in [0, 0.05) is 10.0 Å². The van der Waals surface area contributed by atoms with Crippen LogP contribution in [-0.2, 0) is 6.42 Å². The fraction of sp³-hybridized carbons (Fsp3) is 0.333. The second-order valence-corrected chi connectivity index (χ2v) is 5.33. The van der Waals surface area contributed by atoms with E-state index in [1.54, 1.807) is 0 Å². The van der Waals surface area contributed by atoms with E-state index < -0.39 is 0 Å². The molecule has 0 atom stereocenters. The molecule has 1 aliphatic rings. The number of halogens is 1. The average Bonchev–Trinajstić information content (AvgIpc) is 2.45. The first-order valence-corrected chi connectivity index (χ1v) is 5.54. The lowest BCUT2D eigenvalue weighted by Crippen LogP contribution is -2.34. The predicted octanol–water partition coefficient (Wildman–Crippen LogP) is 3.13. The molecule has 74 valence electrons. The zero-order chi connectivity index (χ0) is 10.3. The molecule has 0 bridgehead atoms. The van der Waals surface area contributed by atoms with E-state index in [0.29, 0.717) is 0 Å². The average molecular weight is 252 g/mol. The molecular formula is C12H14BrN. The minimum Gasteiger partial charge on any atom is -0.322 e. The van der Waals surface area contributed by atoms with Gasteiger partial charge in [0.2, 0.25) is 0 Å². The summed E-state index contributed by atoms with van der Waals surface area (Å²) in [5.74, 6) is 0. The lowest BCUT2D eigenvalue weighted by molar-refractivity contribution is 0.604. The second-order valence-electron chi connectivity index (χ2n) is 4.41. The SMILES string of the molecule is CC(C)(N)C1=Cc2cc(Br)ccc2C1. The zero-order valence-corrected chi connectivity index (χ0v) is 10.1. The largest absolute Gasteiger partial charge is 0.322 e. The van der Waals surface area contributed by atoms with Crippen molar-refractivity contribution in [2.45, 2.75) is 25.8 Å². The molecule has 1 nitrogen and oxygen atoms in total. The fourth-order valence-electron chi connectivity index (χ4n) is 1.72. The van der Waals surface area contributed by atoms with Crippen molar-refractivity contribution in [1.29, 1.82) is 0 Å². The number of rotatable bonds is 1. The van der Waals surface area contributed by atoms with Gasteiger partial charge < -0.3 is 5.73 Å². The minimum absolute atomic E-state index is 0.203. The summed E-state index contributed by atoms with van der Waals surface area (Å²) in [6.07, 6.45) is 3.20. The van der Waals surface area contributed by atoms with Crippen molar-refractivity contribution < 1.29 is 0 Å². The lowest BCUT2D eigenvalue weighted by atomic mass is 9.94. The highest BCUT2D eigenvalue weighted by molar-refractivity contribution is 9.10. The van der Waals surface area contributed by atoms with Gasteiger partial charge in [-0.1, -0.05) is 28.1 Å². The van der Waals surface area contributed by atoms with Crippen molar-refractivity contribution in [3.05, 3.63) is 39.4 Å². The van der Waals surface area contributed by atoms with Gasteiger partial charge in [0.15, 0.2) is 0 Å². The molecule has 2 N–H and O–H groups in total. The summed E-state index contributed by atoms with van der Waals surface area (Å²) in [7, 11) is 0. The van der Waals surface area contributed by atoms with Gasteiger partial charge in [0.05, 0.1) is 0 Å². The number of hydrogen-bond donors (Lipinski definition) is 1. The molecule has 0 spiro atoms. The quantitative estimate of drug-likeness (QED) is 0.816. The van der Waals surface area contributed by atoms with Crippen molar-refractivity contribution in [2.75, 3.05) is 0 Å². The normalized spacial score (nSPS) is 15.3. The van der Waals surface area contributed by atoms with E-state index >= 15 is 0 Å². The van der Waals surface area contributed by atoms with Gasteiger partial charge in [-0.15, -0.1) is 0 Å². The zero-order valence-electron chi connectivity index (χ0n) is 8.47. The van der Waals surface area contributed by atoms with Crippen LogP contribution in [0.3, 0.4) is 0 Å². The molecule has 0 fully saturated rings. The molecule has 0 radical (unpaired) electrons. The number of fused-ring (bicyclic) bond motifs is 1. The Morgan fingerprint density at radius 3 is 2.71 bits per heavy atom. The van der Waals surface area contributed by atoms with Crippen molar-refractivity contribution in [1.82, 2.24) is 0 Å². The highest BCUT2D eigenvalue weighted by Gasteiger charge is 2.23. The summed E-state index contributed by atoms with van der Waals surface area (Å²) in [6.45, 7) is 4.11. The second kappa shape index (κ2) is 3.21. The maximum Gasteiger partial charge on any atom is 0.0318 e. The van der Waals surface area contributed by atoms with E-state index in [0.717, 1.165) is 10.9 Å². The number of benzene rings is 1. The van der Waals surface area contributed by atoms with Gasteiger partial charge in [-0.05, 0) is 49.1 Å². The van der Waals surface area contributed by atoms with Crippen LogP contribution in [0.2, 0.25) is 0 Å². The Labute approximate surface area is 93.1 Å². The molecule has 0 aromatic heterocycles. The van der Waals surface area contributed by atoms with Crippen molar-refractivity contribution in [2.24, 2.45) is 5.73 Å². The van der Waals surface area contributed by atoms with Crippen molar-refractivity contribution in [3.63, 3.8) is 0 Å². The van der Waals surface area contributed by atoms with Crippen LogP contribution in [0.4, 0.5) is 0 Å². The molecule has 0 heterocycles. The predicted molar refractivity (Wildman–Crippen MR) is 64.1 cm³/mol. The van der Waals surface area contributed by atoms with Gasteiger partial charge >= 0.3 is 0 Å². The lowest BCUT2D eigenvalue weighted by Gasteiger charge is -2.20. The van der Waals surface area contributed by atoms with Crippen LogP contribution in [0.5, 0.6) is 0 Å². The standard InChI is InChI=1S/C12H14BrN/c1-12(2,14)10-5-8-3-4-11(13)7-9(8)6-10/h3-4,6-7H,5,14H2,1-2H3. The molecule has 0 aliphatic heterocycles. The Kier molecular flexibility index (Phi) is 2.28. The molecule has 0 saturated carbocycles. The highest BCUT2D eigenvalue weighted by atomic mass is 79.9. The third-order valence-electron chi connectivity index (χ3n) is 2.65. The summed E-state index contributed by atoms with van der Waals surface area (Å²) in [5.41, 5.74) is 9.86. The van der Waals surface area contributed by atoms with E-state index in [9.17, 15) is 0 Å². The van der Waals surface area contributed by atoms with Gasteiger partial charge in [-0.25, -0.2) is 0 Å². The smallest absolute Gasteiger partial charge is 0.0318 e. The first-order chi connectivity index (χ1) is 6.47. The first kappa shape index (κ1) is 9.94. The molecule has 0 amide bonds. The van der Waals surface area contributed by atoms with Gasteiger partial charge in [-0.3, -0.25) is 0 Å². The van der Waals surface area contributed by atoms with E-state index in [2.05, 4.69) is 54.1 Å². The maximum absolute atomic E-state index is 6.08. The molecule has 2 rings (SSSR count). The topological polar surface area (TPSA) is 26.0 Å². The van der Waals surface area contributed by atoms with E-state index in [4.69, 9.17) is 5.73 Å². The monoisotopic (exact) mass is 251 g/mol. The van der Waals surface area contributed by atoms with Crippen LogP contribution in [0, 0.1) is 0 Å². The summed E-state index contributed by atoms with van der Waals surface area (Å²) in [5, 5.41) is 0. The van der Waals surface area contributed by atoms with Crippen LogP contribution in [-0.4, -0.2) is 5.54 Å². The molecular weight excluding hydrogens is 238 g/mol. The van der Waals surface area contributed by atoms with Crippen molar-refractivity contribution >= 4 is 22.0 Å². The Morgan fingerprint density at radius 1 is 1.36 bits per heavy atom. The maximum atomic E-state index is 6.08. The van der Waals surface area contributed by atoms with Crippen LogP contribution >= 0.6 is 15.9 Å². The van der Waals surface area contributed by atoms with Crippen LogP contribution in [0.25, 0.3) is 6.08 Å². The summed E-state index contributed by atoms with van der Waals surface area (Å²) < 4.78 is 1.13. The molecule has 0 saturated heterocycles. The third-order valence-corrected chi connectivity index (χ3v) is 3.14. The minimum atomic E-state index is -0.203.